The van der Waals surface area contributed by atoms with Crippen LogP contribution in [0.4, 0.5) is 13.2 Å². The topological polar surface area (TPSA) is 50.8 Å². The molecule has 0 fully saturated rings. The third kappa shape index (κ3) is 2.64. The summed E-state index contributed by atoms with van der Waals surface area (Å²) in [6.45, 7) is 0. The minimum absolute atomic E-state index is 0.139. The molecule has 0 bridgehead atoms. The molecule has 0 aliphatic heterocycles. The van der Waals surface area contributed by atoms with Crippen molar-refractivity contribution in [1.82, 2.24) is 15.0 Å². The van der Waals surface area contributed by atoms with Gasteiger partial charge in [0.2, 0.25) is 0 Å². The third-order valence-corrected chi connectivity index (χ3v) is 3.57. The van der Waals surface area contributed by atoms with Crippen molar-refractivity contribution >= 4 is 21.8 Å². The van der Waals surface area contributed by atoms with Crippen LogP contribution in [0.15, 0.2) is 54.7 Å². The summed E-state index contributed by atoms with van der Waals surface area (Å²) in [6.07, 6.45) is -2.78. The predicted octanol–water partition coefficient (Wildman–Crippen LogP) is 4.92. The Morgan fingerprint density at radius 2 is 1.79 bits per heavy atom. The lowest BCUT2D eigenvalue weighted by molar-refractivity contribution is -0.140. The van der Waals surface area contributed by atoms with Gasteiger partial charge in [0.25, 0.3) is 0 Å². The zero-order chi connectivity index (χ0) is 16.7. The normalized spacial score (nSPS) is 12.0. The maximum absolute atomic E-state index is 12.7. The molecule has 0 amide bonds. The summed E-state index contributed by atoms with van der Waals surface area (Å²) >= 11 is 0. The smallest absolute Gasteiger partial charge is 0.424 e. The number of ether oxygens (including phenoxy) is 1. The maximum Gasteiger partial charge on any atom is 0.431 e. The van der Waals surface area contributed by atoms with E-state index in [4.69, 9.17) is 4.74 Å². The number of halogens is 3. The molecule has 4 rings (SSSR count). The van der Waals surface area contributed by atoms with E-state index in [0.29, 0.717) is 16.7 Å². The van der Waals surface area contributed by atoms with Crippen molar-refractivity contribution in [2.45, 2.75) is 6.18 Å². The van der Waals surface area contributed by atoms with Gasteiger partial charge in [0.15, 0.2) is 0 Å². The Morgan fingerprint density at radius 3 is 2.62 bits per heavy atom. The predicted molar refractivity (Wildman–Crippen MR) is 82.9 cm³/mol. The first-order valence-corrected chi connectivity index (χ1v) is 7.09. The molecule has 7 heteroatoms. The van der Waals surface area contributed by atoms with Gasteiger partial charge >= 0.3 is 12.2 Å². The molecule has 2 aromatic heterocycles. The van der Waals surface area contributed by atoms with Gasteiger partial charge in [0.05, 0.1) is 5.52 Å². The quantitative estimate of drug-likeness (QED) is 0.568. The number of H-pyrrole nitrogens is 1. The van der Waals surface area contributed by atoms with Gasteiger partial charge in [-0.2, -0.15) is 18.2 Å². The Labute approximate surface area is 133 Å². The second-order valence-electron chi connectivity index (χ2n) is 5.24. The zero-order valence-electron chi connectivity index (χ0n) is 12.1. The number of hydrogen-bond acceptors (Lipinski definition) is 3. The van der Waals surface area contributed by atoms with Gasteiger partial charge in [-0.25, -0.2) is 4.98 Å². The number of nitrogens with zero attached hydrogens (tertiary/aromatic N) is 2. The van der Waals surface area contributed by atoms with E-state index in [9.17, 15) is 13.2 Å². The van der Waals surface area contributed by atoms with Gasteiger partial charge in [-0.1, -0.05) is 18.2 Å². The molecule has 0 saturated heterocycles. The van der Waals surface area contributed by atoms with Crippen molar-refractivity contribution in [2.75, 3.05) is 0 Å². The van der Waals surface area contributed by atoms with E-state index in [1.54, 1.807) is 12.3 Å². The van der Waals surface area contributed by atoms with Gasteiger partial charge in [-0.3, -0.25) is 0 Å². The number of fused-ring (bicyclic) bond motifs is 2. The molecule has 0 unspecified atom stereocenters. The SMILES string of the molecule is FC(F)(F)c1cc2cc(Oc3ncc4ccccc4n3)ccc2[nH]1. The average molecular weight is 329 g/mol. The molecule has 120 valence electrons. The lowest BCUT2D eigenvalue weighted by Gasteiger charge is -2.04. The maximum atomic E-state index is 12.7. The largest absolute Gasteiger partial charge is 0.431 e. The van der Waals surface area contributed by atoms with Crippen molar-refractivity contribution in [3.63, 3.8) is 0 Å². The van der Waals surface area contributed by atoms with Crippen molar-refractivity contribution in [2.24, 2.45) is 0 Å². The Morgan fingerprint density at radius 1 is 0.958 bits per heavy atom. The first-order chi connectivity index (χ1) is 11.5. The molecule has 0 atom stereocenters. The number of nitrogens with one attached hydrogen (secondary N) is 1. The van der Waals surface area contributed by atoms with Crippen LogP contribution in [0.1, 0.15) is 5.69 Å². The van der Waals surface area contributed by atoms with Crippen LogP contribution in [0, 0.1) is 0 Å². The Hall–Kier alpha value is -3.09. The molecule has 0 radical (unpaired) electrons. The molecule has 4 aromatic rings. The second kappa shape index (κ2) is 5.23. The van der Waals surface area contributed by atoms with E-state index in [1.165, 1.54) is 12.1 Å². The average Bonchev–Trinajstić information content (AvgIpc) is 2.98. The van der Waals surface area contributed by atoms with Crippen molar-refractivity contribution < 1.29 is 17.9 Å². The minimum Gasteiger partial charge on any atom is -0.424 e. The van der Waals surface area contributed by atoms with Gasteiger partial charge in [0.1, 0.15) is 11.4 Å². The highest BCUT2D eigenvalue weighted by atomic mass is 19.4. The molecular weight excluding hydrogens is 319 g/mol. The van der Waals surface area contributed by atoms with Gasteiger partial charge in [-0.05, 0) is 30.3 Å². The minimum atomic E-state index is -4.42. The van der Waals surface area contributed by atoms with Crippen LogP contribution in [-0.2, 0) is 6.18 Å². The van der Waals surface area contributed by atoms with Crippen LogP contribution in [0.5, 0.6) is 11.8 Å². The van der Waals surface area contributed by atoms with Gasteiger partial charge in [0, 0.05) is 22.5 Å². The first kappa shape index (κ1) is 14.5. The number of aromatic nitrogens is 3. The fourth-order valence-corrected chi connectivity index (χ4v) is 2.44. The van der Waals surface area contributed by atoms with Crippen LogP contribution in [0.25, 0.3) is 21.8 Å². The molecular formula is C17H10F3N3O. The monoisotopic (exact) mass is 329 g/mol. The van der Waals surface area contributed by atoms with Crippen LogP contribution >= 0.6 is 0 Å². The number of rotatable bonds is 2. The zero-order valence-corrected chi connectivity index (χ0v) is 12.1. The van der Waals surface area contributed by atoms with E-state index in [2.05, 4.69) is 15.0 Å². The van der Waals surface area contributed by atoms with Gasteiger partial charge < -0.3 is 9.72 Å². The van der Waals surface area contributed by atoms with Crippen LogP contribution < -0.4 is 4.74 Å². The Bertz CT molecular complexity index is 1040. The summed E-state index contributed by atoms with van der Waals surface area (Å²) in [5, 5.41) is 1.28. The fraction of sp³-hybridized carbons (Fsp3) is 0.0588. The van der Waals surface area contributed by atoms with E-state index in [0.717, 1.165) is 17.0 Å². The molecule has 4 nitrogen and oxygen atoms in total. The Balaban J connectivity index is 1.68. The fourth-order valence-electron chi connectivity index (χ4n) is 2.44. The Kier molecular flexibility index (Phi) is 3.16. The number of alkyl halides is 3. The summed E-state index contributed by atoms with van der Waals surface area (Å²) in [5.74, 6) is 0.366. The number of para-hydroxylation sites is 1. The van der Waals surface area contributed by atoms with E-state index < -0.39 is 11.9 Å². The van der Waals surface area contributed by atoms with Crippen molar-refractivity contribution in [3.8, 4) is 11.8 Å². The van der Waals surface area contributed by atoms with Crippen molar-refractivity contribution in [1.29, 1.82) is 0 Å². The molecule has 2 aromatic carbocycles. The summed E-state index contributed by atoms with van der Waals surface area (Å²) in [5.41, 5.74) is 0.315. The molecule has 0 aliphatic rings. The lowest BCUT2D eigenvalue weighted by atomic mass is 10.2. The molecule has 1 N–H and O–H groups in total. The van der Waals surface area contributed by atoms with E-state index in [-0.39, 0.29) is 6.01 Å². The number of hydrogen-bond donors (Lipinski definition) is 1. The highest BCUT2D eigenvalue weighted by molar-refractivity contribution is 5.82. The molecule has 0 aliphatic carbocycles. The van der Waals surface area contributed by atoms with Gasteiger partial charge in [-0.15, -0.1) is 0 Å². The highest BCUT2D eigenvalue weighted by Gasteiger charge is 2.32. The summed E-state index contributed by atoms with van der Waals surface area (Å²) in [4.78, 5) is 10.7. The van der Waals surface area contributed by atoms with Crippen LogP contribution in [-0.4, -0.2) is 15.0 Å². The standard InChI is InChI=1S/C17H10F3N3O/c18-17(19,20)15-8-11-7-12(5-6-14(11)22-15)24-16-21-9-10-3-1-2-4-13(10)23-16/h1-9,22H. The second-order valence-corrected chi connectivity index (χ2v) is 5.24. The van der Waals surface area contributed by atoms with Crippen LogP contribution in [0.2, 0.25) is 0 Å². The molecule has 2 heterocycles. The highest BCUT2D eigenvalue weighted by Crippen LogP contribution is 2.32. The molecule has 24 heavy (non-hydrogen) atoms. The third-order valence-electron chi connectivity index (χ3n) is 3.57. The lowest BCUT2D eigenvalue weighted by Crippen LogP contribution is -2.04. The summed E-state index contributed by atoms with van der Waals surface area (Å²) in [7, 11) is 0. The summed E-state index contributed by atoms with van der Waals surface area (Å²) < 4.78 is 43.8. The summed E-state index contributed by atoms with van der Waals surface area (Å²) in [6, 6.07) is 13.2. The van der Waals surface area contributed by atoms with E-state index >= 15 is 0 Å². The van der Waals surface area contributed by atoms with E-state index in [1.807, 2.05) is 24.3 Å². The molecule has 0 spiro atoms. The number of aromatic amines is 1. The first-order valence-electron chi connectivity index (χ1n) is 7.09. The van der Waals surface area contributed by atoms with Crippen LogP contribution in [0.3, 0.4) is 0 Å². The molecule has 0 saturated carbocycles. The van der Waals surface area contributed by atoms with Crippen molar-refractivity contribution in [3.05, 3.63) is 60.4 Å². The number of benzene rings is 2.